The number of benzene rings is 1. The summed E-state index contributed by atoms with van der Waals surface area (Å²) in [5, 5.41) is 0. The van der Waals surface area contributed by atoms with Crippen molar-refractivity contribution < 1.29 is 14.3 Å². The van der Waals surface area contributed by atoms with Crippen LogP contribution in [0.4, 0.5) is 5.69 Å². The smallest absolute Gasteiger partial charge is 0.325 e. The molecule has 0 fully saturated rings. The van der Waals surface area contributed by atoms with E-state index in [2.05, 4.69) is 4.74 Å². The topological polar surface area (TPSA) is 72.6 Å². The fourth-order valence-corrected chi connectivity index (χ4v) is 1.64. The third-order valence-electron chi connectivity index (χ3n) is 2.71. The summed E-state index contributed by atoms with van der Waals surface area (Å²) in [6, 6.07) is 7.18. The van der Waals surface area contributed by atoms with Crippen molar-refractivity contribution in [2.75, 3.05) is 25.9 Å². The molecule has 0 unspecified atom stereocenters. The Hall–Kier alpha value is -2.30. The van der Waals surface area contributed by atoms with E-state index in [9.17, 15) is 9.59 Å². The summed E-state index contributed by atoms with van der Waals surface area (Å²) >= 11 is 0. The van der Waals surface area contributed by atoms with Gasteiger partial charge < -0.3 is 15.4 Å². The SMILES string of the molecule is CCCN(CC(=O)OC)C(=O)/C=C/c1ccc(N)cc1. The first kappa shape index (κ1) is 15.8. The molecule has 0 aliphatic carbocycles. The van der Waals surface area contributed by atoms with E-state index in [0.717, 1.165) is 12.0 Å². The Balaban J connectivity index is 2.69. The van der Waals surface area contributed by atoms with Crippen molar-refractivity contribution in [1.29, 1.82) is 0 Å². The molecular formula is C15H20N2O3. The third kappa shape index (κ3) is 5.14. The Morgan fingerprint density at radius 2 is 1.95 bits per heavy atom. The highest BCUT2D eigenvalue weighted by Gasteiger charge is 2.14. The molecule has 0 saturated heterocycles. The van der Waals surface area contributed by atoms with E-state index in [0.29, 0.717) is 12.2 Å². The first-order chi connectivity index (χ1) is 9.56. The Kier molecular flexibility index (Phi) is 6.29. The van der Waals surface area contributed by atoms with Crippen molar-refractivity contribution in [3.8, 4) is 0 Å². The van der Waals surface area contributed by atoms with Crippen LogP contribution in [0.2, 0.25) is 0 Å². The van der Waals surface area contributed by atoms with E-state index in [1.54, 1.807) is 18.2 Å². The van der Waals surface area contributed by atoms with E-state index in [-0.39, 0.29) is 12.5 Å². The molecule has 5 nitrogen and oxygen atoms in total. The Morgan fingerprint density at radius 1 is 1.30 bits per heavy atom. The molecule has 5 heteroatoms. The van der Waals surface area contributed by atoms with Crippen LogP contribution in [0.1, 0.15) is 18.9 Å². The highest BCUT2D eigenvalue weighted by molar-refractivity contribution is 5.93. The highest BCUT2D eigenvalue weighted by atomic mass is 16.5. The highest BCUT2D eigenvalue weighted by Crippen LogP contribution is 2.07. The maximum atomic E-state index is 12.0. The number of ether oxygens (including phenoxy) is 1. The zero-order chi connectivity index (χ0) is 15.0. The van der Waals surface area contributed by atoms with Gasteiger partial charge in [0.15, 0.2) is 0 Å². The Labute approximate surface area is 119 Å². The molecule has 108 valence electrons. The molecular weight excluding hydrogens is 256 g/mol. The van der Waals surface area contributed by atoms with Crippen molar-refractivity contribution in [2.24, 2.45) is 0 Å². The first-order valence-electron chi connectivity index (χ1n) is 6.46. The summed E-state index contributed by atoms with van der Waals surface area (Å²) in [6.45, 7) is 2.43. The van der Waals surface area contributed by atoms with Gasteiger partial charge in [-0.15, -0.1) is 0 Å². The van der Waals surface area contributed by atoms with E-state index < -0.39 is 5.97 Å². The monoisotopic (exact) mass is 276 g/mol. The molecule has 0 aliphatic rings. The lowest BCUT2D eigenvalue weighted by atomic mass is 10.2. The van der Waals surface area contributed by atoms with Gasteiger partial charge in [-0.2, -0.15) is 0 Å². The normalized spacial score (nSPS) is 10.5. The van der Waals surface area contributed by atoms with Gasteiger partial charge >= 0.3 is 5.97 Å². The van der Waals surface area contributed by atoms with Crippen LogP contribution < -0.4 is 5.73 Å². The van der Waals surface area contributed by atoms with Crippen molar-refractivity contribution in [2.45, 2.75) is 13.3 Å². The fraction of sp³-hybridized carbons (Fsp3) is 0.333. The zero-order valence-corrected chi connectivity index (χ0v) is 11.8. The van der Waals surface area contributed by atoms with Crippen LogP contribution in [0.15, 0.2) is 30.3 Å². The first-order valence-corrected chi connectivity index (χ1v) is 6.46. The number of esters is 1. The van der Waals surface area contributed by atoms with Gasteiger partial charge in [-0.05, 0) is 30.2 Å². The van der Waals surface area contributed by atoms with Gasteiger partial charge in [-0.1, -0.05) is 19.1 Å². The molecule has 1 aromatic rings. The molecule has 0 saturated carbocycles. The number of nitrogens with zero attached hydrogens (tertiary/aromatic N) is 1. The average molecular weight is 276 g/mol. The number of carbonyl (C=O) groups is 2. The van der Waals surface area contributed by atoms with Gasteiger partial charge in [-0.3, -0.25) is 9.59 Å². The predicted octanol–water partition coefficient (Wildman–Crippen LogP) is 1.69. The van der Waals surface area contributed by atoms with Gasteiger partial charge in [0.25, 0.3) is 0 Å². The number of hydrogen-bond acceptors (Lipinski definition) is 4. The number of nitrogens with two attached hydrogens (primary N) is 1. The fourth-order valence-electron chi connectivity index (χ4n) is 1.64. The number of rotatable bonds is 6. The second-order valence-electron chi connectivity index (χ2n) is 4.34. The maximum Gasteiger partial charge on any atom is 0.325 e. The molecule has 1 aromatic carbocycles. The molecule has 0 atom stereocenters. The second kappa shape index (κ2) is 7.99. The minimum absolute atomic E-state index is 0.0325. The van der Waals surface area contributed by atoms with Gasteiger partial charge in [0.05, 0.1) is 7.11 Å². The van der Waals surface area contributed by atoms with Crippen molar-refractivity contribution in [3.63, 3.8) is 0 Å². The molecule has 0 spiro atoms. The largest absolute Gasteiger partial charge is 0.468 e. The van der Waals surface area contributed by atoms with E-state index in [1.807, 2.05) is 19.1 Å². The molecule has 2 N–H and O–H groups in total. The standard InChI is InChI=1S/C15H20N2O3/c1-3-10-17(11-15(19)20-2)14(18)9-6-12-4-7-13(16)8-5-12/h4-9H,3,10-11,16H2,1-2H3/b9-6+. The lowest BCUT2D eigenvalue weighted by Gasteiger charge is -2.18. The quantitative estimate of drug-likeness (QED) is 0.487. The van der Waals surface area contributed by atoms with Crippen LogP contribution >= 0.6 is 0 Å². The number of anilines is 1. The van der Waals surface area contributed by atoms with Gasteiger partial charge in [0, 0.05) is 18.3 Å². The Morgan fingerprint density at radius 3 is 2.50 bits per heavy atom. The van der Waals surface area contributed by atoms with Crippen LogP contribution in [0.3, 0.4) is 0 Å². The average Bonchev–Trinajstić information content (AvgIpc) is 2.45. The predicted molar refractivity (Wildman–Crippen MR) is 78.8 cm³/mol. The van der Waals surface area contributed by atoms with Gasteiger partial charge in [0.2, 0.25) is 5.91 Å². The van der Waals surface area contributed by atoms with Gasteiger partial charge in [-0.25, -0.2) is 0 Å². The van der Waals surface area contributed by atoms with Crippen molar-refractivity contribution in [1.82, 2.24) is 4.90 Å². The van der Waals surface area contributed by atoms with Crippen LogP contribution in [-0.2, 0) is 14.3 Å². The number of carbonyl (C=O) groups excluding carboxylic acids is 2. The summed E-state index contributed by atoms with van der Waals surface area (Å²) in [7, 11) is 1.31. The number of nitrogen functional groups attached to an aromatic ring is 1. The molecule has 0 aromatic heterocycles. The zero-order valence-electron chi connectivity index (χ0n) is 11.8. The second-order valence-corrected chi connectivity index (χ2v) is 4.34. The minimum Gasteiger partial charge on any atom is -0.468 e. The van der Waals surface area contributed by atoms with E-state index in [1.165, 1.54) is 18.1 Å². The number of hydrogen-bond donors (Lipinski definition) is 1. The van der Waals surface area contributed by atoms with Crippen LogP contribution in [0, 0.1) is 0 Å². The molecule has 0 heterocycles. The summed E-state index contributed by atoms with van der Waals surface area (Å²) in [6.07, 6.45) is 3.92. The molecule has 0 aliphatic heterocycles. The summed E-state index contributed by atoms with van der Waals surface area (Å²) in [4.78, 5) is 24.7. The van der Waals surface area contributed by atoms with Crippen LogP contribution in [0.5, 0.6) is 0 Å². The maximum absolute atomic E-state index is 12.0. The summed E-state index contributed by atoms with van der Waals surface area (Å²) < 4.78 is 4.58. The number of methoxy groups -OCH3 is 1. The molecule has 1 rings (SSSR count). The van der Waals surface area contributed by atoms with E-state index >= 15 is 0 Å². The summed E-state index contributed by atoms with van der Waals surface area (Å²) in [5.74, 6) is -0.637. The summed E-state index contributed by atoms with van der Waals surface area (Å²) in [5.41, 5.74) is 7.14. The molecule has 1 amide bonds. The lowest BCUT2D eigenvalue weighted by molar-refractivity contribution is -0.145. The molecule has 0 radical (unpaired) electrons. The van der Waals surface area contributed by atoms with Crippen LogP contribution in [0.25, 0.3) is 6.08 Å². The van der Waals surface area contributed by atoms with Gasteiger partial charge in [0.1, 0.15) is 6.54 Å². The number of amides is 1. The molecule has 20 heavy (non-hydrogen) atoms. The molecule has 0 bridgehead atoms. The lowest BCUT2D eigenvalue weighted by Crippen LogP contribution is -2.35. The van der Waals surface area contributed by atoms with Crippen molar-refractivity contribution in [3.05, 3.63) is 35.9 Å². The van der Waals surface area contributed by atoms with E-state index in [4.69, 9.17) is 5.73 Å². The minimum atomic E-state index is -0.423. The third-order valence-corrected chi connectivity index (χ3v) is 2.71. The van der Waals surface area contributed by atoms with Crippen molar-refractivity contribution >= 4 is 23.6 Å². The van der Waals surface area contributed by atoms with Crippen LogP contribution in [-0.4, -0.2) is 37.0 Å². The Bertz CT molecular complexity index is 480.